The Bertz CT molecular complexity index is 984. The van der Waals surface area contributed by atoms with E-state index in [1.807, 2.05) is 25.1 Å². The SMILES string of the molecule is CCc1nc2ccccn2c1C(=O)Nc1cc(C)c(C(=O)OC)c(C)n1. The predicted molar refractivity (Wildman–Crippen MR) is 97.6 cm³/mol. The fourth-order valence-corrected chi connectivity index (χ4v) is 3.01. The fraction of sp³-hybridized carbons (Fsp3) is 0.263. The summed E-state index contributed by atoms with van der Waals surface area (Å²) in [6.45, 7) is 5.44. The molecule has 3 heterocycles. The monoisotopic (exact) mass is 352 g/mol. The van der Waals surface area contributed by atoms with Crippen molar-refractivity contribution in [2.24, 2.45) is 0 Å². The van der Waals surface area contributed by atoms with Crippen molar-refractivity contribution in [2.75, 3.05) is 12.4 Å². The Morgan fingerprint density at radius 1 is 1.23 bits per heavy atom. The summed E-state index contributed by atoms with van der Waals surface area (Å²) >= 11 is 0. The minimum Gasteiger partial charge on any atom is -0.465 e. The molecular formula is C19H20N4O3. The number of fused-ring (bicyclic) bond motifs is 1. The van der Waals surface area contributed by atoms with Crippen LogP contribution < -0.4 is 5.32 Å². The van der Waals surface area contributed by atoms with Gasteiger partial charge in [-0.25, -0.2) is 14.8 Å². The maximum absolute atomic E-state index is 12.9. The number of nitrogens with zero attached hydrogens (tertiary/aromatic N) is 3. The number of esters is 1. The molecule has 0 saturated heterocycles. The minimum absolute atomic E-state index is 0.294. The fourth-order valence-electron chi connectivity index (χ4n) is 3.01. The second-order valence-corrected chi connectivity index (χ2v) is 5.92. The lowest BCUT2D eigenvalue weighted by molar-refractivity contribution is 0.0598. The molecule has 0 radical (unpaired) electrons. The molecule has 7 nitrogen and oxygen atoms in total. The van der Waals surface area contributed by atoms with Gasteiger partial charge in [0, 0.05) is 6.20 Å². The maximum atomic E-state index is 12.9. The van der Waals surface area contributed by atoms with Crippen molar-refractivity contribution >= 4 is 23.3 Å². The Balaban J connectivity index is 1.98. The molecule has 1 amide bonds. The molecule has 134 valence electrons. The molecule has 0 fully saturated rings. The first-order chi connectivity index (χ1) is 12.5. The number of methoxy groups -OCH3 is 1. The molecule has 3 aromatic rings. The van der Waals surface area contributed by atoms with Crippen LogP contribution >= 0.6 is 0 Å². The minimum atomic E-state index is -0.444. The van der Waals surface area contributed by atoms with E-state index in [0.29, 0.717) is 40.4 Å². The summed E-state index contributed by atoms with van der Waals surface area (Å²) in [5.74, 6) is -0.358. The highest BCUT2D eigenvalue weighted by atomic mass is 16.5. The zero-order chi connectivity index (χ0) is 18.8. The molecule has 1 N–H and O–H groups in total. The molecule has 0 unspecified atom stereocenters. The van der Waals surface area contributed by atoms with Crippen LogP contribution in [-0.4, -0.2) is 33.4 Å². The van der Waals surface area contributed by atoms with E-state index in [9.17, 15) is 9.59 Å². The van der Waals surface area contributed by atoms with Gasteiger partial charge in [-0.15, -0.1) is 0 Å². The predicted octanol–water partition coefficient (Wildman–Crippen LogP) is 2.95. The van der Waals surface area contributed by atoms with Crippen molar-refractivity contribution in [2.45, 2.75) is 27.2 Å². The van der Waals surface area contributed by atoms with Crippen molar-refractivity contribution in [1.82, 2.24) is 14.4 Å². The maximum Gasteiger partial charge on any atom is 0.339 e. The molecule has 0 bridgehead atoms. The number of hydrogen-bond donors (Lipinski definition) is 1. The van der Waals surface area contributed by atoms with E-state index in [4.69, 9.17) is 4.74 Å². The number of pyridine rings is 2. The summed E-state index contributed by atoms with van der Waals surface area (Å²) in [5.41, 5.74) is 3.52. The zero-order valence-electron chi connectivity index (χ0n) is 15.2. The summed E-state index contributed by atoms with van der Waals surface area (Å²) in [7, 11) is 1.33. The van der Waals surface area contributed by atoms with E-state index in [-0.39, 0.29) is 5.91 Å². The van der Waals surface area contributed by atoms with Crippen LogP contribution in [0.5, 0.6) is 0 Å². The Kier molecular flexibility index (Phi) is 4.71. The van der Waals surface area contributed by atoms with Crippen LogP contribution in [0.1, 0.15) is 44.7 Å². The van der Waals surface area contributed by atoms with Gasteiger partial charge in [-0.2, -0.15) is 0 Å². The van der Waals surface area contributed by atoms with E-state index < -0.39 is 5.97 Å². The van der Waals surface area contributed by atoms with Gasteiger partial charge < -0.3 is 10.1 Å². The molecule has 0 aliphatic rings. The lowest BCUT2D eigenvalue weighted by Crippen LogP contribution is -2.18. The quantitative estimate of drug-likeness (QED) is 0.730. The Morgan fingerprint density at radius 2 is 2.00 bits per heavy atom. The van der Waals surface area contributed by atoms with Gasteiger partial charge in [0.05, 0.1) is 24.1 Å². The first-order valence-electron chi connectivity index (χ1n) is 8.30. The van der Waals surface area contributed by atoms with Gasteiger partial charge in [0.2, 0.25) is 0 Å². The van der Waals surface area contributed by atoms with E-state index in [0.717, 1.165) is 5.65 Å². The largest absolute Gasteiger partial charge is 0.465 e. The average molecular weight is 352 g/mol. The van der Waals surface area contributed by atoms with Gasteiger partial charge in [0.1, 0.15) is 17.2 Å². The molecule has 0 saturated carbocycles. The van der Waals surface area contributed by atoms with Crippen LogP contribution in [0.15, 0.2) is 30.5 Å². The van der Waals surface area contributed by atoms with Crippen LogP contribution in [0.25, 0.3) is 5.65 Å². The molecule has 0 aromatic carbocycles. The summed E-state index contributed by atoms with van der Waals surface area (Å²) in [6, 6.07) is 7.24. The summed E-state index contributed by atoms with van der Waals surface area (Å²) < 4.78 is 6.54. The lowest BCUT2D eigenvalue weighted by atomic mass is 10.1. The van der Waals surface area contributed by atoms with Gasteiger partial charge in [-0.1, -0.05) is 13.0 Å². The topological polar surface area (TPSA) is 85.6 Å². The van der Waals surface area contributed by atoms with Crippen LogP contribution in [0.4, 0.5) is 5.82 Å². The number of carbonyl (C=O) groups is 2. The van der Waals surface area contributed by atoms with Gasteiger partial charge in [0.25, 0.3) is 5.91 Å². The molecular weight excluding hydrogens is 332 g/mol. The molecule has 0 aliphatic carbocycles. The highest BCUT2D eigenvalue weighted by Crippen LogP contribution is 2.19. The molecule has 3 rings (SSSR count). The third-order valence-electron chi connectivity index (χ3n) is 4.18. The number of amides is 1. The summed E-state index contributed by atoms with van der Waals surface area (Å²) in [5, 5.41) is 2.81. The van der Waals surface area contributed by atoms with Crippen molar-refractivity contribution < 1.29 is 14.3 Å². The van der Waals surface area contributed by atoms with E-state index >= 15 is 0 Å². The first-order valence-corrected chi connectivity index (χ1v) is 8.30. The second kappa shape index (κ2) is 6.95. The number of hydrogen-bond acceptors (Lipinski definition) is 5. The van der Waals surface area contributed by atoms with Crippen molar-refractivity contribution in [3.63, 3.8) is 0 Å². The normalized spacial score (nSPS) is 10.8. The third-order valence-corrected chi connectivity index (χ3v) is 4.18. The van der Waals surface area contributed by atoms with Crippen LogP contribution in [0.3, 0.4) is 0 Å². The number of nitrogens with one attached hydrogen (secondary N) is 1. The standard InChI is InChI=1S/C19H20N4O3/c1-5-13-17(23-9-7-6-8-15(23)21-13)18(24)22-14-10-11(2)16(12(3)20-14)19(25)26-4/h6-10H,5H2,1-4H3,(H,20,22,24). The van der Waals surface area contributed by atoms with Crippen LogP contribution in [0.2, 0.25) is 0 Å². The highest BCUT2D eigenvalue weighted by molar-refractivity contribution is 6.04. The Labute approximate surface area is 151 Å². The number of ether oxygens (including phenoxy) is 1. The number of carbonyl (C=O) groups excluding carboxylic acids is 2. The lowest BCUT2D eigenvalue weighted by Gasteiger charge is -2.11. The highest BCUT2D eigenvalue weighted by Gasteiger charge is 2.20. The average Bonchev–Trinajstić information content (AvgIpc) is 2.99. The van der Waals surface area contributed by atoms with Crippen LogP contribution in [-0.2, 0) is 11.2 Å². The molecule has 0 atom stereocenters. The first kappa shape index (κ1) is 17.6. The molecule has 26 heavy (non-hydrogen) atoms. The number of aromatic nitrogens is 3. The van der Waals surface area contributed by atoms with E-state index in [2.05, 4.69) is 15.3 Å². The number of anilines is 1. The third kappa shape index (κ3) is 3.03. The number of imidazole rings is 1. The van der Waals surface area contributed by atoms with Gasteiger partial charge >= 0.3 is 5.97 Å². The van der Waals surface area contributed by atoms with Gasteiger partial charge in [-0.05, 0) is 44.0 Å². The van der Waals surface area contributed by atoms with Gasteiger partial charge in [-0.3, -0.25) is 9.20 Å². The van der Waals surface area contributed by atoms with Crippen molar-refractivity contribution in [3.05, 3.63) is 58.7 Å². The van der Waals surface area contributed by atoms with E-state index in [1.54, 1.807) is 30.5 Å². The molecule has 0 spiro atoms. The smallest absolute Gasteiger partial charge is 0.339 e. The van der Waals surface area contributed by atoms with Crippen molar-refractivity contribution in [3.8, 4) is 0 Å². The second-order valence-electron chi connectivity index (χ2n) is 5.92. The van der Waals surface area contributed by atoms with Crippen molar-refractivity contribution in [1.29, 1.82) is 0 Å². The zero-order valence-corrected chi connectivity index (χ0v) is 15.2. The summed E-state index contributed by atoms with van der Waals surface area (Å²) in [6.07, 6.45) is 2.44. The molecule has 3 aromatic heterocycles. The molecule has 0 aliphatic heterocycles. The Morgan fingerprint density at radius 3 is 2.65 bits per heavy atom. The van der Waals surface area contributed by atoms with E-state index in [1.165, 1.54) is 7.11 Å². The molecule has 7 heteroatoms. The Hall–Kier alpha value is -3.22. The van der Waals surface area contributed by atoms with Gasteiger partial charge in [0.15, 0.2) is 0 Å². The number of rotatable bonds is 4. The summed E-state index contributed by atoms with van der Waals surface area (Å²) in [4.78, 5) is 33.5. The number of aryl methyl sites for hydroxylation is 3. The van der Waals surface area contributed by atoms with Crippen LogP contribution in [0, 0.1) is 13.8 Å².